The van der Waals surface area contributed by atoms with Crippen LogP contribution in [0.4, 0.5) is 0 Å². The molecule has 0 amide bonds. The highest BCUT2D eigenvalue weighted by molar-refractivity contribution is 5.65. The first-order valence-electron chi connectivity index (χ1n) is 3.10. The second-order valence-corrected chi connectivity index (χ2v) is 1.80. The number of allylic oxidation sites excluding steroid dienone is 3. The molecule has 0 aliphatic rings. The lowest BCUT2D eigenvalue weighted by Crippen LogP contribution is -2.06. The zero-order valence-corrected chi connectivity index (χ0v) is 6.37. The van der Waals surface area contributed by atoms with Gasteiger partial charge in [0.05, 0.1) is 5.70 Å². The molecular weight excluding hydrogens is 142 g/mol. The Kier molecular flexibility index (Phi) is 4.56. The van der Waals surface area contributed by atoms with E-state index in [4.69, 9.17) is 5.11 Å². The molecule has 0 saturated carbocycles. The number of likely N-dealkylation sites (N-methyl/N-ethyl adjacent to an activating group) is 1. The minimum absolute atomic E-state index is 0.0527. The number of carbonyl (C=O) groups is 1. The fraction of sp³-hybridized carbons (Fsp3) is 0.125. The summed E-state index contributed by atoms with van der Waals surface area (Å²) in [5.74, 6) is -0.0527. The van der Waals surface area contributed by atoms with Gasteiger partial charge in [-0.2, -0.15) is 0 Å². The van der Waals surface area contributed by atoms with Crippen molar-refractivity contribution in [3.8, 4) is 0 Å². The van der Waals surface area contributed by atoms with Gasteiger partial charge in [-0.15, -0.1) is 0 Å². The topological polar surface area (TPSA) is 49.3 Å². The van der Waals surface area contributed by atoms with Crippen LogP contribution in [0.15, 0.2) is 36.3 Å². The Hall–Kier alpha value is -1.51. The molecule has 0 heterocycles. The van der Waals surface area contributed by atoms with Crippen molar-refractivity contribution in [1.82, 2.24) is 5.32 Å². The van der Waals surface area contributed by atoms with E-state index in [0.29, 0.717) is 12.0 Å². The number of aliphatic hydroxyl groups excluding tert-OH is 1. The molecule has 2 N–H and O–H groups in total. The molecule has 0 rings (SSSR count). The first-order chi connectivity index (χ1) is 5.22. The van der Waals surface area contributed by atoms with Crippen molar-refractivity contribution in [3.63, 3.8) is 0 Å². The third-order valence-electron chi connectivity index (χ3n) is 1.03. The number of nitrogens with one attached hydrogen (secondary N) is 1. The van der Waals surface area contributed by atoms with Gasteiger partial charge in [-0.1, -0.05) is 12.7 Å². The molecule has 3 heteroatoms. The quantitative estimate of drug-likeness (QED) is 0.273. The molecule has 0 aromatic rings. The lowest BCUT2D eigenvalue weighted by atomic mass is 10.3. The number of hydrogen-bond donors (Lipinski definition) is 2. The maximum Gasteiger partial charge on any atom is 0.142 e. The Bertz CT molecular complexity index is 204. The summed E-state index contributed by atoms with van der Waals surface area (Å²) in [5, 5.41) is 11.6. The largest absolute Gasteiger partial charge is 0.506 e. The lowest BCUT2D eigenvalue weighted by Gasteiger charge is -2.01. The van der Waals surface area contributed by atoms with Crippen LogP contribution in [-0.4, -0.2) is 18.4 Å². The zero-order chi connectivity index (χ0) is 8.69. The van der Waals surface area contributed by atoms with Gasteiger partial charge < -0.3 is 10.4 Å². The first kappa shape index (κ1) is 9.49. The van der Waals surface area contributed by atoms with E-state index in [1.165, 1.54) is 12.2 Å². The van der Waals surface area contributed by atoms with E-state index in [1.54, 1.807) is 13.1 Å². The summed E-state index contributed by atoms with van der Waals surface area (Å²) in [4.78, 5) is 9.82. The van der Waals surface area contributed by atoms with Gasteiger partial charge in [0.15, 0.2) is 0 Å². The number of rotatable bonds is 4. The lowest BCUT2D eigenvalue weighted by molar-refractivity contribution is -0.104. The number of aliphatic hydroxyl groups is 1. The van der Waals surface area contributed by atoms with Crippen LogP contribution in [0.25, 0.3) is 0 Å². The van der Waals surface area contributed by atoms with Crippen LogP contribution in [0, 0.1) is 0 Å². The molecule has 60 valence electrons. The summed E-state index contributed by atoms with van der Waals surface area (Å²) >= 11 is 0. The van der Waals surface area contributed by atoms with Crippen molar-refractivity contribution in [1.29, 1.82) is 0 Å². The summed E-state index contributed by atoms with van der Waals surface area (Å²) < 4.78 is 0. The highest BCUT2D eigenvalue weighted by atomic mass is 16.3. The molecule has 0 atom stereocenters. The second kappa shape index (κ2) is 5.29. The van der Waals surface area contributed by atoms with E-state index in [0.717, 1.165) is 0 Å². The fourth-order valence-electron chi connectivity index (χ4n) is 0.521. The van der Waals surface area contributed by atoms with E-state index in [9.17, 15) is 4.79 Å². The molecule has 0 unspecified atom stereocenters. The molecule has 3 nitrogen and oxygen atoms in total. The normalized spacial score (nSPS) is 11.5. The van der Waals surface area contributed by atoms with Crippen molar-refractivity contribution in [2.24, 2.45) is 0 Å². The average molecular weight is 153 g/mol. The van der Waals surface area contributed by atoms with Gasteiger partial charge in [0.2, 0.25) is 0 Å². The zero-order valence-electron chi connectivity index (χ0n) is 6.37. The molecule has 0 bridgehead atoms. The first-order valence-corrected chi connectivity index (χ1v) is 3.10. The average Bonchev–Trinajstić information content (AvgIpc) is 1.97. The van der Waals surface area contributed by atoms with Crippen molar-refractivity contribution in [2.75, 3.05) is 7.05 Å². The minimum Gasteiger partial charge on any atom is -0.506 e. The number of hydrogen-bond acceptors (Lipinski definition) is 3. The van der Waals surface area contributed by atoms with Gasteiger partial charge in [0, 0.05) is 7.05 Å². The van der Waals surface area contributed by atoms with Gasteiger partial charge in [0.25, 0.3) is 0 Å². The Balaban J connectivity index is 4.23. The second-order valence-electron chi connectivity index (χ2n) is 1.80. The number of carbonyl (C=O) groups excluding carboxylic acids is 1. The molecule has 11 heavy (non-hydrogen) atoms. The summed E-state index contributed by atoms with van der Waals surface area (Å²) in [6.07, 6.45) is 5.04. The predicted octanol–water partition coefficient (Wildman–Crippen LogP) is 0.916. The molecule has 0 aliphatic carbocycles. The van der Waals surface area contributed by atoms with E-state index >= 15 is 0 Å². The highest BCUT2D eigenvalue weighted by Crippen LogP contribution is 1.97. The van der Waals surface area contributed by atoms with E-state index in [2.05, 4.69) is 11.9 Å². The summed E-state index contributed by atoms with van der Waals surface area (Å²) in [7, 11) is 1.65. The van der Waals surface area contributed by atoms with Crippen molar-refractivity contribution < 1.29 is 9.90 Å². The summed E-state index contributed by atoms with van der Waals surface area (Å²) in [6, 6.07) is 0. The van der Waals surface area contributed by atoms with Gasteiger partial charge in [-0.05, 0) is 12.2 Å². The van der Waals surface area contributed by atoms with Crippen molar-refractivity contribution >= 4 is 6.29 Å². The van der Waals surface area contributed by atoms with Gasteiger partial charge in [0.1, 0.15) is 12.0 Å². The van der Waals surface area contributed by atoms with Crippen molar-refractivity contribution in [2.45, 2.75) is 0 Å². The Morgan fingerprint density at radius 1 is 1.55 bits per heavy atom. The van der Waals surface area contributed by atoms with Crippen molar-refractivity contribution in [3.05, 3.63) is 36.3 Å². The van der Waals surface area contributed by atoms with Crippen LogP contribution in [-0.2, 0) is 4.79 Å². The van der Waals surface area contributed by atoms with Crippen LogP contribution < -0.4 is 5.32 Å². The molecule has 0 aliphatic heterocycles. The predicted molar refractivity (Wildman–Crippen MR) is 44.1 cm³/mol. The molecular formula is C8H11NO2. The molecule has 0 radical (unpaired) electrons. The highest BCUT2D eigenvalue weighted by Gasteiger charge is 1.92. The third kappa shape index (κ3) is 3.97. The van der Waals surface area contributed by atoms with Gasteiger partial charge >= 0.3 is 0 Å². The minimum atomic E-state index is -0.0527. The Morgan fingerprint density at radius 2 is 2.18 bits per heavy atom. The van der Waals surface area contributed by atoms with Crippen LogP contribution in [0.1, 0.15) is 0 Å². The van der Waals surface area contributed by atoms with Crippen LogP contribution in [0.5, 0.6) is 0 Å². The van der Waals surface area contributed by atoms with Gasteiger partial charge in [-0.3, -0.25) is 4.79 Å². The van der Waals surface area contributed by atoms with Gasteiger partial charge in [-0.25, -0.2) is 0 Å². The molecule has 0 spiro atoms. The third-order valence-corrected chi connectivity index (χ3v) is 1.03. The Labute approximate surface area is 65.7 Å². The van der Waals surface area contributed by atoms with E-state index < -0.39 is 0 Å². The van der Waals surface area contributed by atoms with Crippen LogP contribution in [0.2, 0.25) is 0 Å². The summed E-state index contributed by atoms with van der Waals surface area (Å²) in [6.45, 7) is 3.31. The van der Waals surface area contributed by atoms with E-state index in [-0.39, 0.29) is 5.76 Å². The molecule has 0 saturated heterocycles. The van der Waals surface area contributed by atoms with Crippen LogP contribution in [0.3, 0.4) is 0 Å². The fourth-order valence-corrected chi connectivity index (χ4v) is 0.521. The molecule has 0 aromatic heterocycles. The maximum atomic E-state index is 9.82. The smallest absolute Gasteiger partial charge is 0.142 e. The SMILES string of the molecule is C=C(O)/C(=C/C=C\C=O)NC. The van der Waals surface area contributed by atoms with Crippen LogP contribution >= 0.6 is 0 Å². The van der Waals surface area contributed by atoms with E-state index in [1.807, 2.05) is 0 Å². The summed E-state index contributed by atoms with van der Waals surface area (Å²) in [5.41, 5.74) is 0.489. The maximum absolute atomic E-state index is 9.82. The number of aldehydes is 1. The standard InChI is InChI=1S/C8H11NO2/c1-7(11)8(9-2)5-3-4-6-10/h3-6,9,11H,1H2,2H3/b4-3-,8-5-. The monoisotopic (exact) mass is 153 g/mol. The Morgan fingerprint density at radius 3 is 2.55 bits per heavy atom. The molecule has 0 aromatic carbocycles. The molecule has 0 fully saturated rings.